The molecule has 2 nitrogen and oxygen atoms in total. The van der Waals surface area contributed by atoms with Gasteiger partial charge in [-0.15, -0.1) is 11.3 Å². The number of rotatable bonds is 3. The van der Waals surface area contributed by atoms with Crippen molar-refractivity contribution in [2.75, 3.05) is 0 Å². The summed E-state index contributed by atoms with van der Waals surface area (Å²) in [5, 5.41) is 13.2. The Hall–Kier alpha value is -2.04. The van der Waals surface area contributed by atoms with Crippen molar-refractivity contribution < 1.29 is 9.50 Å². The predicted octanol–water partition coefficient (Wildman–Crippen LogP) is 4.21. The van der Waals surface area contributed by atoms with Gasteiger partial charge in [0.15, 0.2) is 0 Å². The summed E-state index contributed by atoms with van der Waals surface area (Å²) in [6.45, 7) is 1.63. The van der Waals surface area contributed by atoms with E-state index in [4.69, 9.17) is 0 Å². The fourth-order valence-corrected chi connectivity index (χ4v) is 3.06. The van der Waals surface area contributed by atoms with E-state index in [9.17, 15) is 9.50 Å². The van der Waals surface area contributed by atoms with Crippen LogP contribution >= 0.6 is 11.3 Å². The normalized spacial score (nSPS) is 13.9. The van der Waals surface area contributed by atoms with E-state index in [0.29, 0.717) is 10.6 Å². The molecule has 3 rings (SSSR count). The molecule has 4 heteroatoms. The van der Waals surface area contributed by atoms with Crippen molar-refractivity contribution in [2.24, 2.45) is 0 Å². The summed E-state index contributed by atoms with van der Waals surface area (Å²) in [6, 6.07) is 15.8. The minimum atomic E-state index is -1.31. The Labute approximate surface area is 126 Å². The van der Waals surface area contributed by atoms with Crippen molar-refractivity contribution in [1.82, 2.24) is 4.98 Å². The second-order valence-corrected chi connectivity index (χ2v) is 5.84. The fraction of sp³-hybridized carbons (Fsp3) is 0.118. The average Bonchev–Trinajstić information content (AvgIpc) is 2.99. The molecule has 0 saturated heterocycles. The molecule has 0 saturated carbocycles. The van der Waals surface area contributed by atoms with Crippen LogP contribution in [-0.4, -0.2) is 10.1 Å². The van der Waals surface area contributed by atoms with E-state index in [1.165, 1.54) is 23.5 Å². The van der Waals surface area contributed by atoms with Crippen LogP contribution in [0.2, 0.25) is 0 Å². The highest BCUT2D eigenvalue weighted by molar-refractivity contribution is 7.10. The van der Waals surface area contributed by atoms with Gasteiger partial charge in [-0.3, -0.25) is 0 Å². The zero-order valence-electron chi connectivity index (χ0n) is 11.5. The maximum Gasteiger partial charge on any atom is 0.138 e. The molecule has 0 aliphatic rings. The average molecular weight is 299 g/mol. The summed E-state index contributed by atoms with van der Waals surface area (Å²) in [4.78, 5) is 4.50. The standard InChI is InChI=1S/C17H14FNOS/c1-17(20,13-8-5-9-14(18)10-13)16-19-15(11-21-16)12-6-3-2-4-7-12/h2-11,20H,1H3. The second kappa shape index (κ2) is 5.39. The lowest BCUT2D eigenvalue weighted by Crippen LogP contribution is -2.22. The molecule has 1 N–H and O–H groups in total. The summed E-state index contributed by atoms with van der Waals surface area (Å²) in [7, 11) is 0. The van der Waals surface area contributed by atoms with Crippen LogP contribution in [0, 0.1) is 5.82 Å². The minimum absolute atomic E-state index is 0.368. The lowest BCUT2D eigenvalue weighted by Gasteiger charge is -2.21. The number of nitrogens with zero attached hydrogens (tertiary/aromatic N) is 1. The Bertz CT molecular complexity index is 752. The summed E-state index contributed by atoms with van der Waals surface area (Å²) in [5.74, 6) is -0.368. The maximum atomic E-state index is 13.4. The van der Waals surface area contributed by atoms with E-state index in [1.807, 2.05) is 35.7 Å². The quantitative estimate of drug-likeness (QED) is 0.786. The van der Waals surface area contributed by atoms with E-state index in [-0.39, 0.29) is 5.82 Å². The molecule has 106 valence electrons. The van der Waals surface area contributed by atoms with Crippen molar-refractivity contribution >= 4 is 11.3 Å². The molecule has 0 bridgehead atoms. The smallest absolute Gasteiger partial charge is 0.138 e. The first-order chi connectivity index (χ1) is 10.1. The van der Waals surface area contributed by atoms with Gasteiger partial charge in [0.1, 0.15) is 16.4 Å². The summed E-state index contributed by atoms with van der Waals surface area (Å²) >= 11 is 1.37. The van der Waals surface area contributed by atoms with Gasteiger partial charge in [0, 0.05) is 10.9 Å². The molecule has 0 radical (unpaired) electrons. The first-order valence-electron chi connectivity index (χ1n) is 6.57. The Morgan fingerprint density at radius 1 is 1.10 bits per heavy atom. The SMILES string of the molecule is CC(O)(c1cccc(F)c1)c1nc(-c2ccccc2)cs1. The minimum Gasteiger partial charge on any atom is -0.378 e. The van der Waals surface area contributed by atoms with Crippen LogP contribution in [0.3, 0.4) is 0 Å². The van der Waals surface area contributed by atoms with Gasteiger partial charge in [0.05, 0.1) is 5.69 Å². The highest BCUT2D eigenvalue weighted by Gasteiger charge is 2.29. The molecule has 3 aromatic rings. The van der Waals surface area contributed by atoms with Gasteiger partial charge in [0.25, 0.3) is 0 Å². The van der Waals surface area contributed by atoms with Gasteiger partial charge >= 0.3 is 0 Å². The summed E-state index contributed by atoms with van der Waals surface area (Å²) in [6.07, 6.45) is 0. The molecule has 0 fully saturated rings. The second-order valence-electron chi connectivity index (χ2n) is 4.99. The number of halogens is 1. The molecule has 2 aromatic carbocycles. The molecule has 0 aliphatic heterocycles. The number of hydrogen-bond acceptors (Lipinski definition) is 3. The maximum absolute atomic E-state index is 13.4. The number of thiazole rings is 1. The molecular weight excluding hydrogens is 285 g/mol. The Kier molecular flexibility index (Phi) is 3.57. The van der Waals surface area contributed by atoms with Crippen molar-refractivity contribution in [2.45, 2.75) is 12.5 Å². The fourth-order valence-electron chi connectivity index (χ4n) is 2.15. The van der Waals surface area contributed by atoms with Gasteiger partial charge in [-0.25, -0.2) is 9.37 Å². The third kappa shape index (κ3) is 2.73. The van der Waals surface area contributed by atoms with Crippen LogP contribution in [0.15, 0.2) is 60.0 Å². The zero-order chi connectivity index (χ0) is 14.9. The zero-order valence-corrected chi connectivity index (χ0v) is 12.3. The van der Waals surface area contributed by atoms with E-state index < -0.39 is 5.60 Å². The van der Waals surface area contributed by atoms with Gasteiger partial charge in [-0.05, 0) is 24.6 Å². The van der Waals surface area contributed by atoms with Crippen molar-refractivity contribution in [3.05, 3.63) is 76.4 Å². The molecule has 1 unspecified atom stereocenters. The van der Waals surface area contributed by atoms with Crippen LogP contribution in [0.4, 0.5) is 4.39 Å². The van der Waals surface area contributed by atoms with Crippen LogP contribution in [0.5, 0.6) is 0 Å². The summed E-state index contributed by atoms with van der Waals surface area (Å²) in [5.41, 5.74) is 0.999. The monoisotopic (exact) mass is 299 g/mol. The van der Waals surface area contributed by atoms with Crippen LogP contribution in [0.25, 0.3) is 11.3 Å². The molecule has 1 heterocycles. The molecule has 1 aromatic heterocycles. The molecule has 0 spiro atoms. The molecule has 0 amide bonds. The highest BCUT2D eigenvalue weighted by atomic mass is 32.1. The van der Waals surface area contributed by atoms with Crippen molar-refractivity contribution in [3.63, 3.8) is 0 Å². The van der Waals surface area contributed by atoms with Gasteiger partial charge in [0.2, 0.25) is 0 Å². The molecule has 0 aliphatic carbocycles. The molecular formula is C17H14FNOS. The molecule has 1 atom stereocenters. The number of aliphatic hydroxyl groups is 1. The third-order valence-electron chi connectivity index (χ3n) is 3.38. The lowest BCUT2D eigenvalue weighted by molar-refractivity contribution is 0.102. The summed E-state index contributed by atoms with van der Waals surface area (Å²) < 4.78 is 13.4. The van der Waals surface area contributed by atoms with Crippen LogP contribution in [0.1, 0.15) is 17.5 Å². The number of aromatic nitrogens is 1. The van der Waals surface area contributed by atoms with Crippen LogP contribution < -0.4 is 0 Å². The van der Waals surface area contributed by atoms with Gasteiger partial charge in [-0.1, -0.05) is 42.5 Å². The van der Waals surface area contributed by atoms with Crippen molar-refractivity contribution in [3.8, 4) is 11.3 Å². The van der Waals surface area contributed by atoms with Gasteiger partial charge < -0.3 is 5.11 Å². The Balaban J connectivity index is 1.99. The van der Waals surface area contributed by atoms with E-state index in [2.05, 4.69) is 4.98 Å². The van der Waals surface area contributed by atoms with E-state index in [0.717, 1.165) is 11.3 Å². The largest absolute Gasteiger partial charge is 0.378 e. The lowest BCUT2D eigenvalue weighted by atomic mass is 9.97. The Morgan fingerprint density at radius 2 is 1.86 bits per heavy atom. The Morgan fingerprint density at radius 3 is 2.57 bits per heavy atom. The highest BCUT2D eigenvalue weighted by Crippen LogP contribution is 2.33. The first-order valence-corrected chi connectivity index (χ1v) is 7.45. The third-order valence-corrected chi connectivity index (χ3v) is 4.43. The number of hydrogen-bond donors (Lipinski definition) is 1. The van der Waals surface area contributed by atoms with Crippen LogP contribution in [-0.2, 0) is 5.60 Å². The molecule has 21 heavy (non-hydrogen) atoms. The van der Waals surface area contributed by atoms with Gasteiger partial charge in [-0.2, -0.15) is 0 Å². The van der Waals surface area contributed by atoms with Crippen molar-refractivity contribution in [1.29, 1.82) is 0 Å². The first kappa shape index (κ1) is 13.9. The predicted molar refractivity (Wildman–Crippen MR) is 82.6 cm³/mol. The van der Waals surface area contributed by atoms with E-state index in [1.54, 1.807) is 19.1 Å². The topological polar surface area (TPSA) is 33.1 Å². The number of benzene rings is 2. The van der Waals surface area contributed by atoms with E-state index >= 15 is 0 Å².